The summed E-state index contributed by atoms with van der Waals surface area (Å²) in [5, 5.41) is 12.3. The highest BCUT2D eigenvalue weighted by Crippen LogP contribution is 2.24. The van der Waals surface area contributed by atoms with Crippen molar-refractivity contribution in [1.29, 1.82) is 5.41 Å². The van der Waals surface area contributed by atoms with E-state index >= 15 is 0 Å². The summed E-state index contributed by atoms with van der Waals surface area (Å²) in [5.74, 6) is 7.93. The van der Waals surface area contributed by atoms with Crippen LogP contribution >= 0.6 is 0 Å². The third-order valence-electron chi connectivity index (χ3n) is 7.17. The summed E-state index contributed by atoms with van der Waals surface area (Å²) in [7, 11) is 0. The zero-order valence-corrected chi connectivity index (χ0v) is 22.1. The number of rotatable bonds is 7. The van der Waals surface area contributed by atoms with Gasteiger partial charge >= 0.3 is 0 Å². The molecule has 0 spiro atoms. The number of nitrogens with zero attached hydrogens (tertiary/aromatic N) is 4. The molecule has 0 saturated carbocycles. The lowest BCUT2D eigenvalue weighted by Crippen LogP contribution is -2.42. The van der Waals surface area contributed by atoms with Crippen molar-refractivity contribution in [2.75, 3.05) is 38.0 Å². The van der Waals surface area contributed by atoms with E-state index < -0.39 is 0 Å². The molecule has 2 N–H and O–H groups in total. The Morgan fingerprint density at radius 3 is 2.44 bits per heavy atom. The molecule has 39 heavy (non-hydrogen) atoms. The summed E-state index contributed by atoms with van der Waals surface area (Å²) in [5.41, 5.74) is 1.72. The lowest BCUT2D eigenvalue weighted by molar-refractivity contribution is -0.126. The zero-order chi connectivity index (χ0) is 26.9. The highest BCUT2D eigenvalue weighted by atomic mass is 16.5. The van der Waals surface area contributed by atoms with Gasteiger partial charge in [-0.1, -0.05) is 30.5 Å². The Morgan fingerprint density at radius 2 is 1.69 bits per heavy atom. The molecule has 2 fully saturated rings. The summed E-state index contributed by atoms with van der Waals surface area (Å²) in [4.78, 5) is 25.4. The van der Waals surface area contributed by atoms with Crippen LogP contribution in [0.5, 0.6) is 11.5 Å². The van der Waals surface area contributed by atoms with Crippen molar-refractivity contribution in [3.63, 3.8) is 0 Å². The van der Waals surface area contributed by atoms with Crippen LogP contribution in [-0.2, 0) is 4.79 Å². The van der Waals surface area contributed by atoms with E-state index in [0.29, 0.717) is 42.5 Å². The van der Waals surface area contributed by atoms with Gasteiger partial charge in [0.15, 0.2) is 0 Å². The Bertz CT molecular complexity index is 1320. The van der Waals surface area contributed by atoms with Crippen LogP contribution < -0.4 is 10.1 Å². The fourth-order valence-electron chi connectivity index (χ4n) is 4.94. The molecule has 0 aliphatic carbocycles. The SMILES string of the molecule is N=C(c1ccc(Oc2ccccc2)cc1)c1cncnc1NC1CCN(C(=O)C#CCN2CCCCC2)CC1. The van der Waals surface area contributed by atoms with E-state index in [1.165, 1.54) is 25.6 Å². The van der Waals surface area contributed by atoms with Crippen molar-refractivity contribution in [3.8, 4) is 23.3 Å². The monoisotopic (exact) mass is 522 g/mol. The molecule has 0 unspecified atom stereocenters. The molecular weight excluding hydrogens is 488 g/mol. The molecule has 1 amide bonds. The fraction of sp³-hybridized carbons (Fsp3) is 0.355. The average Bonchev–Trinajstić information content (AvgIpc) is 2.99. The van der Waals surface area contributed by atoms with Gasteiger partial charge in [0.1, 0.15) is 23.6 Å². The van der Waals surface area contributed by atoms with Gasteiger partial charge < -0.3 is 15.0 Å². The molecule has 0 atom stereocenters. The number of aromatic nitrogens is 2. The predicted molar refractivity (Wildman–Crippen MR) is 152 cm³/mol. The fourth-order valence-corrected chi connectivity index (χ4v) is 4.94. The highest BCUT2D eigenvalue weighted by Gasteiger charge is 2.23. The first kappa shape index (κ1) is 26.4. The third kappa shape index (κ3) is 7.21. The van der Waals surface area contributed by atoms with Gasteiger partial charge in [0, 0.05) is 30.9 Å². The number of carbonyl (C=O) groups is 1. The highest BCUT2D eigenvalue weighted by molar-refractivity contribution is 6.13. The van der Waals surface area contributed by atoms with Crippen LogP contribution in [0.1, 0.15) is 43.2 Å². The number of piperidine rings is 2. The molecule has 8 nitrogen and oxygen atoms in total. The number of hydrogen-bond donors (Lipinski definition) is 2. The van der Waals surface area contributed by atoms with E-state index in [-0.39, 0.29) is 11.9 Å². The second-order valence-corrected chi connectivity index (χ2v) is 9.95. The molecule has 2 aliphatic rings. The first-order chi connectivity index (χ1) is 19.2. The Morgan fingerprint density at radius 1 is 0.974 bits per heavy atom. The maximum absolute atomic E-state index is 12.6. The van der Waals surface area contributed by atoms with Crippen LogP contribution in [0.15, 0.2) is 67.1 Å². The minimum Gasteiger partial charge on any atom is -0.457 e. The van der Waals surface area contributed by atoms with Gasteiger partial charge in [0.2, 0.25) is 0 Å². The smallest absolute Gasteiger partial charge is 0.298 e. The third-order valence-corrected chi connectivity index (χ3v) is 7.17. The van der Waals surface area contributed by atoms with Crippen molar-refractivity contribution < 1.29 is 9.53 Å². The predicted octanol–water partition coefficient (Wildman–Crippen LogP) is 4.58. The average molecular weight is 523 g/mol. The Labute approximate surface area is 229 Å². The molecule has 0 radical (unpaired) electrons. The van der Waals surface area contributed by atoms with Gasteiger partial charge in [-0.25, -0.2) is 9.97 Å². The standard InChI is InChI=1S/C31H34N6O2/c32-30(24-11-13-27(14-12-24)39-26-8-3-1-4-9-26)28-22-33-23-34-31(28)35-25-15-20-37(21-16-25)29(38)10-7-19-36-17-5-2-6-18-36/h1,3-4,8-9,11-14,22-23,25,32H,2,5-6,15-21H2,(H,33,34,35). The number of anilines is 1. The first-order valence-corrected chi connectivity index (χ1v) is 13.6. The minimum absolute atomic E-state index is 0.0883. The van der Waals surface area contributed by atoms with Crippen LogP contribution in [0.3, 0.4) is 0 Å². The number of amides is 1. The van der Waals surface area contributed by atoms with Gasteiger partial charge in [-0.2, -0.15) is 0 Å². The van der Waals surface area contributed by atoms with Crippen molar-refractivity contribution in [2.24, 2.45) is 0 Å². The maximum Gasteiger partial charge on any atom is 0.298 e. The molecule has 5 rings (SSSR count). The number of benzene rings is 2. The summed E-state index contributed by atoms with van der Waals surface area (Å²) in [6, 6.07) is 17.2. The number of ether oxygens (including phenoxy) is 1. The van der Waals surface area contributed by atoms with E-state index in [2.05, 4.69) is 32.0 Å². The summed E-state index contributed by atoms with van der Waals surface area (Å²) in [6.07, 6.45) is 8.49. The number of para-hydroxylation sites is 1. The van der Waals surface area contributed by atoms with Crippen LogP contribution in [0.2, 0.25) is 0 Å². The van der Waals surface area contributed by atoms with E-state index in [1.807, 2.05) is 59.5 Å². The lowest BCUT2D eigenvalue weighted by Gasteiger charge is -2.31. The Kier molecular flexibility index (Phi) is 8.82. The summed E-state index contributed by atoms with van der Waals surface area (Å²) >= 11 is 0. The van der Waals surface area contributed by atoms with Crippen molar-refractivity contribution in [3.05, 3.63) is 78.2 Å². The van der Waals surface area contributed by atoms with Crippen LogP contribution in [-0.4, -0.2) is 70.2 Å². The van der Waals surface area contributed by atoms with Crippen LogP contribution in [0, 0.1) is 17.3 Å². The van der Waals surface area contributed by atoms with Crippen LogP contribution in [0.25, 0.3) is 0 Å². The second kappa shape index (κ2) is 13.0. The van der Waals surface area contributed by atoms with Crippen molar-refractivity contribution in [1.82, 2.24) is 19.8 Å². The van der Waals surface area contributed by atoms with Gasteiger partial charge in [-0.15, -0.1) is 0 Å². The number of likely N-dealkylation sites (tertiary alicyclic amines) is 2. The number of nitrogens with one attached hydrogen (secondary N) is 2. The molecule has 0 bridgehead atoms. The molecular formula is C31H34N6O2. The van der Waals surface area contributed by atoms with Gasteiger partial charge in [0.25, 0.3) is 5.91 Å². The van der Waals surface area contributed by atoms with Crippen molar-refractivity contribution >= 4 is 17.4 Å². The topological polar surface area (TPSA) is 94.4 Å². The number of hydrogen-bond acceptors (Lipinski definition) is 7. The van der Waals surface area contributed by atoms with Gasteiger partial charge in [-0.3, -0.25) is 15.1 Å². The van der Waals surface area contributed by atoms with Crippen LogP contribution in [0.4, 0.5) is 5.82 Å². The second-order valence-electron chi connectivity index (χ2n) is 9.95. The van der Waals surface area contributed by atoms with E-state index in [9.17, 15) is 4.79 Å². The van der Waals surface area contributed by atoms with E-state index in [0.717, 1.165) is 37.2 Å². The Balaban J connectivity index is 1.15. The molecule has 2 aliphatic heterocycles. The largest absolute Gasteiger partial charge is 0.457 e. The molecule has 3 aromatic rings. The zero-order valence-electron chi connectivity index (χ0n) is 22.1. The summed E-state index contributed by atoms with van der Waals surface area (Å²) in [6.45, 7) is 4.13. The molecule has 200 valence electrons. The quantitative estimate of drug-likeness (QED) is 0.349. The maximum atomic E-state index is 12.6. The molecule has 3 heterocycles. The summed E-state index contributed by atoms with van der Waals surface area (Å²) < 4.78 is 5.87. The van der Waals surface area contributed by atoms with E-state index in [1.54, 1.807) is 6.20 Å². The molecule has 2 aromatic carbocycles. The van der Waals surface area contributed by atoms with Gasteiger partial charge in [0.05, 0.1) is 17.8 Å². The van der Waals surface area contributed by atoms with E-state index in [4.69, 9.17) is 10.1 Å². The Hall–Kier alpha value is -4.22. The molecule has 8 heteroatoms. The molecule has 2 saturated heterocycles. The normalized spacial score (nSPS) is 16.2. The first-order valence-electron chi connectivity index (χ1n) is 13.6. The minimum atomic E-state index is -0.0883. The number of carbonyl (C=O) groups excluding carboxylic acids is 1. The van der Waals surface area contributed by atoms with Crippen molar-refractivity contribution in [2.45, 2.75) is 38.1 Å². The molecule has 1 aromatic heterocycles. The lowest BCUT2D eigenvalue weighted by atomic mass is 10.0. The van der Waals surface area contributed by atoms with Gasteiger partial charge in [-0.05, 0) is 81.1 Å².